The van der Waals surface area contributed by atoms with Gasteiger partial charge in [-0.1, -0.05) is 24.3 Å². The van der Waals surface area contributed by atoms with Crippen LogP contribution in [-0.4, -0.2) is 18.2 Å². The van der Waals surface area contributed by atoms with Crippen LogP contribution in [0.3, 0.4) is 0 Å². The highest BCUT2D eigenvalue weighted by Gasteiger charge is 2.37. The highest BCUT2D eigenvalue weighted by Crippen LogP contribution is 2.38. The van der Waals surface area contributed by atoms with Gasteiger partial charge in [0.2, 0.25) is 0 Å². The first-order chi connectivity index (χ1) is 20.3. The molecule has 5 nitrogen and oxygen atoms in total. The first-order valence-corrected chi connectivity index (χ1v) is 14.1. The van der Waals surface area contributed by atoms with Crippen LogP contribution in [0.5, 0.6) is 0 Å². The number of sulfone groups is 1. The highest BCUT2D eigenvalue weighted by molar-refractivity contribution is 7.92. The van der Waals surface area contributed by atoms with E-state index >= 15 is 0 Å². The van der Waals surface area contributed by atoms with Gasteiger partial charge in [-0.2, -0.15) is 31.6 Å². The fourth-order valence-corrected chi connectivity index (χ4v) is 5.55. The van der Waals surface area contributed by atoms with Crippen molar-refractivity contribution >= 4 is 9.84 Å². The summed E-state index contributed by atoms with van der Waals surface area (Å²) in [7, 11) is -4.20. The van der Waals surface area contributed by atoms with Crippen molar-refractivity contribution < 1.29 is 43.5 Å². The molecule has 230 valence electrons. The largest absolute Gasteiger partial charge is 0.417 e. The van der Waals surface area contributed by atoms with Crippen LogP contribution in [0, 0.1) is 23.0 Å². The van der Waals surface area contributed by atoms with Gasteiger partial charge in [0.1, 0.15) is 23.3 Å². The number of hydrogen-bond donors (Lipinski definition) is 0. The Bertz CT molecular complexity index is 1970. The molecule has 0 aliphatic carbocycles. The van der Waals surface area contributed by atoms with E-state index < -0.39 is 78.5 Å². The molecule has 1 heterocycles. The smallest absolute Gasteiger partial charge is 0.303 e. The molecule has 0 bridgehead atoms. The second kappa shape index (κ2) is 11.5. The highest BCUT2D eigenvalue weighted by atomic mass is 32.2. The molecule has 0 aliphatic rings. The molecule has 44 heavy (non-hydrogen) atoms. The molecule has 0 atom stereocenters. The van der Waals surface area contributed by atoms with E-state index in [2.05, 4.69) is 0 Å². The molecular weight excluding hydrogens is 620 g/mol. The van der Waals surface area contributed by atoms with E-state index in [-0.39, 0.29) is 22.3 Å². The van der Waals surface area contributed by atoms with Gasteiger partial charge in [0, 0.05) is 11.6 Å². The van der Waals surface area contributed by atoms with E-state index in [1.54, 1.807) is 0 Å². The zero-order valence-electron chi connectivity index (χ0n) is 22.7. The second-order valence-electron chi connectivity index (χ2n) is 9.97. The number of nitrogens with zero attached hydrogens (tertiary/aromatic N) is 2. The van der Waals surface area contributed by atoms with Crippen molar-refractivity contribution in [3.63, 3.8) is 0 Å². The molecule has 0 aliphatic heterocycles. The fourth-order valence-electron chi connectivity index (χ4n) is 4.42. The van der Waals surface area contributed by atoms with Crippen molar-refractivity contribution in [3.8, 4) is 28.5 Å². The number of hydrogen-bond acceptors (Lipinski definition) is 4. The van der Waals surface area contributed by atoms with Crippen LogP contribution in [0.15, 0.2) is 76.4 Å². The minimum atomic E-state index is -5.18. The van der Waals surface area contributed by atoms with Gasteiger partial charge in [-0.05, 0) is 66.9 Å². The lowest BCUT2D eigenvalue weighted by Gasteiger charge is -2.19. The molecule has 3 aromatic carbocycles. The summed E-state index contributed by atoms with van der Waals surface area (Å²) in [5, 5.41) is 8.31. The Labute approximate surface area is 245 Å². The number of alkyl halides is 6. The summed E-state index contributed by atoms with van der Waals surface area (Å²) >= 11 is 0. The third kappa shape index (κ3) is 6.37. The van der Waals surface area contributed by atoms with Gasteiger partial charge in [0.05, 0.1) is 33.5 Å². The first-order valence-electron chi connectivity index (χ1n) is 12.6. The van der Waals surface area contributed by atoms with Crippen LogP contribution in [-0.2, 0) is 28.7 Å². The van der Waals surface area contributed by atoms with Gasteiger partial charge in [0.15, 0.2) is 9.84 Å². The lowest BCUT2D eigenvalue weighted by Crippen LogP contribution is -2.29. The maximum absolute atomic E-state index is 14.5. The Hall–Kier alpha value is -4.51. The minimum Gasteiger partial charge on any atom is -0.303 e. The summed E-state index contributed by atoms with van der Waals surface area (Å²) in [5.41, 5.74) is -6.90. The number of benzene rings is 3. The molecule has 1 aromatic heterocycles. The Balaban J connectivity index is 2.01. The lowest BCUT2D eigenvalue weighted by molar-refractivity contribution is -0.138. The first kappa shape index (κ1) is 32.4. The van der Waals surface area contributed by atoms with Crippen LogP contribution < -0.4 is 5.56 Å². The Morgan fingerprint density at radius 2 is 1.50 bits per heavy atom. The van der Waals surface area contributed by atoms with Crippen molar-refractivity contribution in [2.24, 2.45) is 0 Å². The number of nitriles is 1. The molecule has 0 saturated carbocycles. The van der Waals surface area contributed by atoms with E-state index in [4.69, 9.17) is 0 Å². The molecule has 0 N–H and O–H groups in total. The number of halogens is 8. The molecule has 0 spiro atoms. The maximum Gasteiger partial charge on any atom is 0.417 e. The van der Waals surface area contributed by atoms with E-state index in [1.807, 2.05) is 0 Å². The number of rotatable bonds is 6. The second-order valence-corrected chi connectivity index (χ2v) is 12.5. The number of aromatic nitrogens is 1. The molecule has 4 rings (SSSR count). The molecule has 4 aromatic rings. The minimum absolute atomic E-state index is 0.0568. The normalized spacial score (nSPS) is 12.4. The third-order valence-corrected chi connectivity index (χ3v) is 8.87. The summed E-state index contributed by atoms with van der Waals surface area (Å²) in [6.45, 7) is 1.82. The molecule has 0 fully saturated rings. The Kier molecular flexibility index (Phi) is 8.49. The molecular formula is C30H20F8N2O3S. The SMILES string of the molecule is CC(C)S(=O)(=O)c1cc(-c2cccc(-c3cc(C(F)(F)F)c(C#N)c(=O)n3Cc3ccc(F)cc3F)c2)cc(C(F)(F)F)c1. The summed E-state index contributed by atoms with van der Waals surface area (Å²) in [6.07, 6.45) is -10.1. The van der Waals surface area contributed by atoms with Gasteiger partial charge in [0.25, 0.3) is 5.56 Å². The molecule has 0 amide bonds. The topological polar surface area (TPSA) is 79.9 Å². The van der Waals surface area contributed by atoms with Crippen LogP contribution in [0.2, 0.25) is 0 Å². The standard InChI is InChI=1S/C30H20F8N2O3S/c1-16(2)44(42,43)23-10-20(9-21(11-23)29(33,34)35)17-4-3-5-18(8-17)27-13-25(30(36,37)38)24(14-39)28(41)40(27)15-19-6-7-22(31)12-26(19)32/h3-13,16H,15H2,1-2H3. The summed E-state index contributed by atoms with van der Waals surface area (Å²) in [4.78, 5) is 12.6. The van der Waals surface area contributed by atoms with Crippen molar-refractivity contribution in [1.82, 2.24) is 4.57 Å². The maximum atomic E-state index is 14.5. The molecule has 0 saturated heterocycles. The zero-order valence-corrected chi connectivity index (χ0v) is 23.5. The van der Waals surface area contributed by atoms with Gasteiger partial charge in [-0.3, -0.25) is 4.79 Å². The van der Waals surface area contributed by atoms with E-state index in [9.17, 15) is 53.6 Å². The van der Waals surface area contributed by atoms with Gasteiger partial charge >= 0.3 is 12.4 Å². The predicted molar refractivity (Wildman–Crippen MR) is 144 cm³/mol. The number of pyridine rings is 1. The van der Waals surface area contributed by atoms with Crippen molar-refractivity contribution in [2.45, 2.75) is 42.9 Å². The molecule has 0 radical (unpaired) electrons. The van der Waals surface area contributed by atoms with E-state index in [0.29, 0.717) is 28.8 Å². The van der Waals surface area contributed by atoms with Crippen LogP contribution >= 0.6 is 0 Å². The van der Waals surface area contributed by atoms with Gasteiger partial charge < -0.3 is 4.57 Å². The van der Waals surface area contributed by atoms with Crippen molar-refractivity contribution in [1.29, 1.82) is 5.26 Å². The summed E-state index contributed by atoms with van der Waals surface area (Å²) in [6, 6.07) is 11.0. The average molecular weight is 641 g/mol. The Morgan fingerprint density at radius 1 is 0.841 bits per heavy atom. The molecule has 0 unspecified atom stereocenters. The van der Waals surface area contributed by atoms with Crippen LogP contribution in [0.4, 0.5) is 35.1 Å². The predicted octanol–water partition coefficient (Wildman–Crippen LogP) is 7.60. The fraction of sp³-hybridized carbons (Fsp3) is 0.200. The van der Waals surface area contributed by atoms with Crippen molar-refractivity contribution in [3.05, 3.63) is 111 Å². The lowest BCUT2D eigenvalue weighted by atomic mass is 9.98. The summed E-state index contributed by atoms with van der Waals surface area (Å²) < 4.78 is 137. The van der Waals surface area contributed by atoms with E-state index in [1.165, 1.54) is 38.1 Å². The van der Waals surface area contributed by atoms with Crippen LogP contribution in [0.1, 0.15) is 36.1 Å². The zero-order chi connectivity index (χ0) is 32.8. The third-order valence-electron chi connectivity index (χ3n) is 6.74. The molecule has 14 heteroatoms. The van der Waals surface area contributed by atoms with Crippen LogP contribution in [0.25, 0.3) is 22.4 Å². The van der Waals surface area contributed by atoms with Crippen molar-refractivity contribution in [2.75, 3.05) is 0 Å². The average Bonchev–Trinajstić information content (AvgIpc) is 2.93. The monoisotopic (exact) mass is 640 g/mol. The summed E-state index contributed by atoms with van der Waals surface area (Å²) in [5.74, 6) is -2.09. The van der Waals surface area contributed by atoms with Gasteiger partial charge in [-0.25, -0.2) is 17.2 Å². The Morgan fingerprint density at radius 3 is 2.07 bits per heavy atom. The van der Waals surface area contributed by atoms with E-state index in [0.717, 1.165) is 24.3 Å². The quantitative estimate of drug-likeness (QED) is 0.203. The van der Waals surface area contributed by atoms with Gasteiger partial charge in [-0.15, -0.1) is 0 Å².